The molecule has 0 amide bonds. The molecule has 0 fully saturated rings. The molecule has 0 unspecified atom stereocenters. The molecule has 68 valence electrons. The standard InChI is InChI=1S/C7H9N2O.CH4.W/c1-4-8-7(5-6-10)9(2)3;;/h1,4,6H,2-3H3;1H4;/q-1;;. The van der Waals surface area contributed by atoms with Gasteiger partial charge in [-0.05, 0) is 0 Å². The van der Waals surface area contributed by atoms with Gasteiger partial charge in [-0.2, -0.15) is 0 Å². The Morgan fingerprint density at radius 1 is 1.58 bits per heavy atom. The summed E-state index contributed by atoms with van der Waals surface area (Å²) in [6, 6.07) is 0. The van der Waals surface area contributed by atoms with Crippen molar-refractivity contribution in [2.24, 2.45) is 4.99 Å². The van der Waals surface area contributed by atoms with Crippen LogP contribution in [-0.2, 0) is 24.1 Å². The van der Waals surface area contributed by atoms with Crippen LogP contribution in [-0.4, -0.2) is 35.0 Å². The van der Waals surface area contributed by atoms with E-state index >= 15 is 0 Å². The Morgan fingerprint density at radius 2 is 2.08 bits per heavy atom. The molecule has 0 aromatic heterocycles. The van der Waals surface area contributed by atoms with Gasteiger partial charge in [-0.1, -0.05) is 7.43 Å². The molecule has 0 aliphatic rings. The van der Waals surface area contributed by atoms with Crippen LogP contribution in [0.25, 0.3) is 0 Å². The van der Waals surface area contributed by atoms with E-state index in [2.05, 4.69) is 4.99 Å². The molecule has 0 aromatic carbocycles. The van der Waals surface area contributed by atoms with Crippen LogP contribution >= 0.6 is 0 Å². The van der Waals surface area contributed by atoms with Gasteiger partial charge in [0.1, 0.15) is 0 Å². The van der Waals surface area contributed by atoms with Crippen molar-refractivity contribution in [1.29, 1.82) is 0 Å². The molecule has 0 radical (unpaired) electrons. The predicted octanol–water partition coefficient (Wildman–Crippen LogP) is 0.447. The molecule has 4 heteroatoms. The Labute approximate surface area is 84.6 Å². The van der Waals surface area contributed by atoms with Crippen LogP contribution in [0.5, 0.6) is 0 Å². The number of nitrogens with zero attached hydrogens (tertiary/aromatic N) is 2. The van der Waals surface area contributed by atoms with E-state index < -0.39 is 0 Å². The summed E-state index contributed by atoms with van der Waals surface area (Å²) in [4.78, 5) is 15.9. The first-order chi connectivity index (χ1) is 5.13. The number of aldehydes is 1. The van der Waals surface area contributed by atoms with E-state index in [0.29, 0.717) is 9.73 Å². The summed E-state index contributed by atoms with van der Waals surface area (Å²) in [5.41, 5.74) is 0. The van der Waals surface area contributed by atoms with Gasteiger partial charge >= 0.3 is 76.9 Å². The van der Waals surface area contributed by atoms with Crippen LogP contribution in [0.4, 0.5) is 0 Å². The van der Waals surface area contributed by atoms with Crippen molar-refractivity contribution < 1.29 is 24.1 Å². The van der Waals surface area contributed by atoms with Crippen LogP contribution < -0.4 is 0 Å². The summed E-state index contributed by atoms with van der Waals surface area (Å²) < 4.78 is 0.650. The molecule has 0 aliphatic carbocycles. The Bertz CT molecular complexity index is 209. The Balaban J connectivity index is 0. The molecule has 3 nitrogen and oxygen atoms in total. The minimum atomic E-state index is 0. The zero-order valence-electron chi connectivity index (χ0n) is 6.44. The first kappa shape index (κ1) is 14.0. The third-order valence-corrected chi connectivity index (χ3v) is 1.95. The maximum atomic E-state index is 10.3. The fourth-order valence-electron chi connectivity index (χ4n) is 0.523. The summed E-state index contributed by atoms with van der Waals surface area (Å²) in [6.45, 7) is 5.10. The average Bonchev–Trinajstić information content (AvgIpc) is 1.98. The first-order valence-electron chi connectivity index (χ1n) is 2.91. The van der Waals surface area contributed by atoms with Gasteiger partial charge in [0.15, 0.2) is 0 Å². The number of carbonyl (C=O) groups excluding carboxylic acids is 1. The number of rotatable bonds is 3. The van der Waals surface area contributed by atoms with Crippen molar-refractivity contribution in [2.75, 3.05) is 14.1 Å². The molecule has 0 N–H and O–H groups in total. The number of hydrogen-bond donors (Lipinski definition) is 0. The SMILES string of the molecule is C.[CH-]=CN=C([C](=[W])C=O)N(C)C. The second-order valence-corrected chi connectivity index (χ2v) is 3.56. The second kappa shape index (κ2) is 7.11. The molecule has 0 heterocycles. The summed E-state index contributed by atoms with van der Waals surface area (Å²) in [5, 5.41) is 0. The molecule has 0 atom stereocenters. The zero-order valence-corrected chi connectivity index (χ0v) is 9.38. The summed E-state index contributed by atoms with van der Waals surface area (Å²) in [5.74, 6) is 0.623. The molecule has 0 saturated carbocycles. The summed E-state index contributed by atoms with van der Waals surface area (Å²) in [7, 11) is 3.63. The van der Waals surface area contributed by atoms with Crippen LogP contribution in [0.1, 0.15) is 7.43 Å². The quantitative estimate of drug-likeness (QED) is 0.324. The van der Waals surface area contributed by atoms with Gasteiger partial charge in [0.25, 0.3) is 0 Å². The Morgan fingerprint density at radius 3 is 2.33 bits per heavy atom. The van der Waals surface area contributed by atoms with Crippen LogP contribution in [0.2, 0.25) is 0 Å². The molecule has 0 bridgehead atoms. The predicted molar refractivity (Wildman–Crippen MR) is 47.8 cm³/mol. The molecule has 0 spiro atoms. The van der Waals surface area contributed by atoms with Gasteiger partial charge in [-0.15, -0.1) is 0 Å². The molecular formula is C8H13N2OW-. The fourth-order valence-corrected chi connectivity index (χ4v) is 1.37. The number of aliphatic imine (C=N–C) groups is 1. The number of hydrogen-bond acceptors (Lipinski definition) is 2. The van der Waals surface area contributed by atoms with Gasteiger partial charge in [-0.25, -0.2) is 0 Å². The fraction of sp³-hybridized carbons (Fsp3) is 0.375. The zero-order chi connectivity index (χ0) is 8.85. The average molecular weight is 337 g/mol. The molecule has 0 saturated heterocycles. The molecular weight excluding hydrogens is 324 g/mol. The summed E-state index contributed by atoms with van der Waals surface area (Å²) in [6.07, 6.45) is 1.97. The Hall–Kier alpha value is -0.562. The van der Waals surface area contributed by atoms with Crippen molar-refractivity contribution >= 4 is 16.0 Å². The van der Waals surface area contributed by atoms with Crippen LogP contribution in [0.3, 0.4) is 0 Å². The van der Waals surface area contributed by atoms with Crippen molar-refractivity contribution in [3.05, 3.63) is 12.8 Å². The Kier molecular flexibility index (Phi) is 8.29. The van der Waals surface area contributed by atoms with Gasteiger partial charge in [0, 0.05) is 0 Å². The van der Waals surface area contributed by atoms with Gasteiger partial charge < -0.3 is 0 Å². The van der Waals surface area contributed by atoms with Crippen LogP contribution in [0.15, 0.2) is 11.2 Å². The van der Waals surface area contributed by atoms with Gasteiger partial charge in [0.2, 0.25) is 0 Å². The third kappa shape index (κ3) is 4.34. The molecule has 12 heavy (non-hydrogen) atoms. The molecule has 0 aliphatic heterocycles. The van der Waals surface area contributed by atoms with Crippen molar-refractivity contribution in [2.45, 2.75) is 7.43 Å². The van der Waals surface area contributed by atoms with E-state index in [0.717, 1.165) is 25.6 Å². The third-order valence-electron chi connectivity index (χ3n) is 0.948. The summed E-state index contributed by atoms with van der Waals surface area (Å²) >= 11 is 1.09. The molecule has 0 aromatic rings. The minimum absolute atomic E-state index is 0. The topological polar surface area (TPSA) is 32.7 Å². The normalized spacial score (nSPS) is 9.67. The van der Waals surface area contributed by atoms with E-state index in [4.69, 9.17) is 6.58 Å². The van der Waals surface area contributed by atoms with E-state index in [1.807, 2.05) is 14.1 Å². The van der Waals surface area contributed by atoms with Crippen LogP contribution in [0, 0.1) is 6.58 Å². The molecule has 0 rings (SSSR count). The van der Waals surface area contributed by atoms with E-state index in [-0.39, 0.29) is 7.43 Å². The monoisotopic (exact) mass is 337 g/mol. The van der Waals surface area contributed by atoms with E-state index in [1.54, 1.807) is 4.90 Å². The van der Waals surface area contributed by atoms with Crippen molar-refractivity contribution in [3.8, 4) is 0 Å². The first-order valence-corrected chi connectivity index (χ1v) is 4.38. The second-order valence-electron chi connectivity index (χ2n) is 1.98. The van der Waals surface area contributed by atoms with Crippen molar-refractivity contribution in [1.82, 2.24) is 4.90 Å². The number of carbonyl (C=O) groups is 1. The van der Waals surface area contributed by atoms with Gasteiger partial charge in [-0.3, -0.25) is 0 Å². The van der Waals surface area contributed by atoms with E-state index in [1.165, 1.54) is 6.20 Å². The van der Waals surface area contributed by atoms with E-state index in [9.17, 15) is 4.79 Å². The van der Waals surface area contributed by atoms with Gasteiger partial charge in [0.05, 0.1) is 0 Å². The number of amidine groups is 1. The maximum absolute atomic E-state index is 10.3. The van der Waals surface area contributed by atoms with Crippen molar-refractivity contribution in [3.63, 3.8) is 0 Å².